The van der Waals surface area contributed by atoms with Gasteiger partial charge in [-0.3, -0.25) is 0 Å². The standard InChI is InChI=1S/C16H14O2/c1-4-12-10-15(18-3)8-9-16(12)13-6-5-7-14(11-13)17-2/h1,5-11H,2-3H3. The van der Waals surface area contributed by atoms with E-state index in [9.17, 15) is 0 Å². The van der Waals surface area contributed by atoms with Crippen LogP contribution in [0.15, 0.2) is 42.5 Å². The van der Waals surface area contributed by atoms with E-state index in [4.69, 9.17) is 15.9 Å². The third-order valence-corrected chi connectivity index (χ3v) is 2.76. The van der Waals surface area contributed by atoms with E-state index >= 15 is 0 Å². The molecule has 90 valence electrons. The van der Waals surface area contributed by atoms with Crippen LogP contribution in [-0.2, 0) is 0 Å². The van der Waals surface area contributed by atoms with Crippen molar-refractivity contribution < 1.29 is 9.47 Å². The van der Waals surface area contributed by atoms with Crippen molar-refractivity contribution in [2.24, 2.45) is 0 Å². The molecule has 0 saturated heterocycles. The first-order valence-electron chi connectivity index (χ1n) is 5.57. The zero-order valence-electron chi connectivity index (χ0n) is 10.4. The molecular weight excluding hydrogens is 224 g/mol. The number of terminal acetylenes is 1. The van der Waals surface area contributed by atoms with E-state index in [0.29, 0.717) is 0 Å². The fourth-order valence-corrected chi connectivity index (χ4v) is 1.81. The van der Waals surface area contributed by atoms with Gasteiger partial charge in [-0.1, -0.05) is 18.1 Å². The molecular formula is C16H14O2. The lowest BCUT2D eigenvalue weighted by Crippen LogP contribution is -1.89. The van der Waals surface area contributed by atoms with E-state index in [1.807, 2.05) is 42.5 Å². The summed E-state index contributed by atoms with van der Waals surface area (Å²) in [7, 11) is 3.27. The smallest absolute Gasteiger partial charge is 0.120 e. The van der Waals surface area contributed by atoms with Crippen molar-refractivity contribution in [3.63, 3.8) is 0 Å². The normalized spacial score (nSPS) is 9.61. The van der Waals surface area contributed by atoms with Crippen LogP contribution in [0.3, 0.4) is 0 Å². The van der Waals surface area contributed by atoms with Crippen molar-refractivity contribution in [3.05, 3.63) is 48.0 Å². The number of hydrogen-bond donors (Lipinski definition) is 0. The Kier molecular flexibility index (Phi) is 3.54. The third-order valence-electron chi connectivity index (χ3n) is 2.76. The Labute approximate surface area is 107 Å². The molecule has 2 aromatic rings. The average molecular weight is 238 g/mol. The Bertz CT molecular complexity index is 594. The highest BCUT2D eigenvalue weighted by atomic mass is 16.5. The minimum atomic E-state index is 0.759. The van der Waals surface area contributed by atoms with Crippen LogP contribution < -0.4 is 9.47 Å². The molecule has 0 spiro atoms. The zero-order valence-corrected chi connectivity index (χ0v) is 10.4. The predicted molar refractivity (Wildman–Crippen MR) is 72.9 cm³/mol. The van der Waals surface area contributed by atoms with Crippen LogP contribution in [0.5, 0.6) is 11.5 Å². The predicted octanol–water partition coefficient (Wildman–Crippen LogP) is 3.35. The van der Waals surface area contributed by atoms with Gasteiger partial charge >= 0.3 is 0 Å². The summed E-state index contributed by atoms with van der Waals surface area (Å²) in [6.45, 7) is 0. The van der Waals surface area contributed by atoms with Gasteiger partial charge in [0.2, 0.25) is 0 Å². The summed E-state index contributed by atoms with van der Waals surface area (Å²) in [6, 6.07) is 13.5. The maximum absolute atomic E-state index is 5.55. The average Bonchev–Trinajstić information content (AvgIpc) is 2.46. The van der Waals surface area contributed by atoms with Gasteiger partial charge in [0.15, 0.2) is 0 Å². The SMILES string of the molecule is C#Cc1cc(OC)ccc1-c1cccc(OC)c1. The van der Waals surface area contributed by atoms with E-state index in [0.717, 1.165) is 28.2 Å². The molecule has 2 aromatic carbocycles. The quantitative estimate of drug-likeness (QED) is 0.763. The van der Waals surface area contributed by atoms with E-state index in [1.165, 1.54) is 0 Å². The third kappa shape index (κ3) is 2.31. The first-order chi connectivity index (χ1) is 8.78. The molecule has 0 bridgehead atoms. The first kappa shape index (κ1) is 12.1. The molecule has 0 aliphatic carbocycles. The van der Waals surface area contributed by atoms with Crippen molar-refractivity contribution >= 4 is 0 Å². The lowest BCUT2D eigenvalue weighted by Gasteiger charge is -2.09. The summed E-state index contributed by atoms with van der Waals surface area (Å²) >= 11 is 0. The van der Waals surface area contributed by atoms with Crippen molar-refractivity contribution in [2.45, 2.75) is 0 Å². The van der Waals surface area contributed by atoms with Crippen molar-refractivity contribution in [3.8, 4) is 35.0 Å². The largest absolute Gasteiger partial charge is 0.497 e. The monoisotopic (exact) mass is 238 g/mol. The number of rotatable bonds is 3. The van der Waals surface area contributed by atoms with Crippen LogP contribution in [0.2, 0.25) is 0 Å². The molecule has 18 heavy (non-hydrogen) atoms. The molecule has 2 rings (SSSR count). The fourth-order valence-electron chi connectivity index (χ4n) is 1.81. The van der Waals surface area contributed by atoms with Crippen LogP contribution in [-0.4, -0.2) is 14.2 Å². The molecule has 0 atom stereocenters. The molecule has 0 heterocycles. The van der Waals surface area contributed by atoms with Gasteiger partial charge in [0.1, 0.15) is 11.5 Å². The van der Waals surface area contributed by atoms with Gasteiger partial charge < -0.3 is 9.47 Å². The molecule has 0 radical (unpaired) electrons. The van der Waals surface area contributed by atoms with Gasteiger partial charge in [0.25, 0.3) is 0 Å². The maximum atomic E-state index is 5.55. The number of ether oxygens (including phenoxy) is 2. The van der Waals surface area contributed by atoms with Crippen molar-refractivity contribution in [2.75, 3.05) is 14.2 Å². The minimum absolute atomic E-state index is 0.759. The van der Waals surface area contributed by atoms with Gasteiger partial charge in [-0.15, -0.1) is 6.42 Å². The Hall–Kier alpha value is -2.40. The van der Waals surface area contributed by atoms with Crippen LogP contribution >= 0.6 is 0 Å². The summed E-state index contributed by atoms with van der Waals surface area (Å²) in [4.78, 5) is 0. The Morgan fingerprint density at radius 2 is 1.67 bits per heavy atom. The van der Waals surface area contributed by atoms with Gasteiger partial charge in [-0.25, -0.2) is 0 Å². The molecule has 0 unspecified atom stereocenters. The topological polar surface area (TPSA) is 18.5 Å². The van der Waals surface area contributed by atoms with Crippen LogP contribution in [0.4, 0.5) is 0 Å². The lowest BCUT2D eigenvalue weighted by molar-refractivity contribution is 0.414. The van der Waals surface area contributed by atoms with E-state index in [2.05, 4.69) is 5.92 Å². The zero-order chi connectivity index (χ0) is 13.0. The second-order valence-electron chi connectivity index (χ2n) is 3.79. The minimum Gasteiger partial charge on any atom is -0.497 e. The highest BCUT2D eigenvalue weighted by molar-refractivity contribution is 5.73. The highest BCUT2D eigenvalue weighted by Crippen LogP contribution is 2.29. The molecule has 0 amide bonds. The second kappa shape index (κ2) is 5.29. The van der Waals surface area contributed by atoms with Crippen molar-refractivity contribution in [1.82, 2.24) is 0 Å². The lowest BCUT2D eigenvalue weighted by atomic mass is 9.99. The molecule has 0 fully saturated rings. The Balaban J connectivity index is 2.53. The summed E-state index contributed by atoms with van der Waals surface area (Å²) in [5.41, 5.74) is 2.84. The molecule has 0 N–H and O–H groups in total. The van der Waals surface area contributed by atoms with Gasteiger partial charge in [0, 0.05) is 5.56 Å². The number of benzene rings is 2. The summed E-state index contributed by atoms with van der Waals surface area (Å²) in [5.74, 6) is 4.26. The van der Waals surface area contributed by atoms with Crippen LogP contribution in [0.1, 0.15) is 5.56 Å². The van der Waals surface area contributed by atoms with Gasteiger partial charge in [-0.05, 0) is 41.5 Å². The second-order valence-corrected chi connectivity index (χ2v) is 3.79. The summed E-state index contributed by atoms with van der Waals surface area (Å²) in [5, 5.41) is 0. The molecule has 2 heteroatoms. The number of methoxy groups -OCH3 is 2. The van der Waals surface area contributed by atoms with E-state index in [-0.39, 0.29) is 0 Å². The van der Waals surface area contributed by atoms with Crippen molar-refractivity contribution in [1.29, 1.82) is 0 Å². The molecule has 0 aliphatic rings. The van der Waals surface area contributed by atoms with Crippen LogP contribution in [0, 0.1) is 12.3 Å². The summed E-state index contributed by atoms with van der Waals surface area (Å²) < 4.78 is 10.4. The van der Waals surface area contributed by atoms with Gasteiger partial charge in [0.05, 0.1) is 14.2 Å². The molecule has 0 aliphatic heterocycles. The van der Waals surface area contributed by atoms with E-state index in [1.54, 1.807) is 14.2 Å². The fraction of sp³-hybridized carbons (Fsp3) is 0.125. The Morgan fingerprint density at radius 1 is 0.944 bits per heavy atom. The molecule has 2 nitrogen and oxygen atoms in total. The van der Waals surface area contributed by atoms with Gasteiger partial charge in [-0.2, -0.15) is 0 Å². The van der Waals surface area contributed by atoms with E-state index < -0.39 is 0 Å². The number of hydrogen-bond acceptors (Lipinski definition) is 2. The summed E-state index contributed by atoms with van der Waals surface area (Å²) in [6.07, 6.45) is 5.55. The maximum Gasteiger partial charge on any atom is 0.120 e. The highest BCUT2D eigenvalue weighted by Gasteiger charge is 2.06. The molecule has 0 saturated carbocycles. The van der Waals surface area contributed by atoms with Crippen LogP contribution in [0.25, 0.3) is 11.1 Å². The first-order valence-corrected chi connectivity index (χ1v) is 5.57. The Morgan fingerprint density at radius 3 is 2.33 bits per heavy atom. The molecule has 0 aromatic heterocycles.